The molecule has 2 aromatic rings. The summed E-state index contributed by atoms with van der Waals surface area (Å²) in [4.78, 5) is 13.2. The van der Waals surface area contributed by atoms with Crippen LogP contribution in [-0.4, -0.2) is 31.7 Å². The topological polar surface area (TPSA) is 66.5 Å². The van der Waals surface area contributed by atoms with Crippen LogP contribution in [0.3, 0.4) is 0 Å². The fourth-order valence-corrected chi connectivity index (χ4v) is 5.57. The molecule has 0 aromatic heterocycles. The Morgan fingerprint density at radius 2 is 1.71 bits per heavy atom. The van der Waals surface area contributed by atoms with Crippen molar-refractivity contribution < 1.29 is 13.2 Å². The van der Waals surface area contributed by atoms with Crippen LogP contribution in [0.2, 0.25) is 0 Å². The van der Waals surface area contributed by atoms with Crippen molar-refractivity contribution >= 4 is 21.6 Å². The van der Waals surface area contributed by atoms with Crippen LogP contribution in [0.15, 0.2) is 41.3 Å². The van der Waals surface area contributed by atoms with Gasteiger partial charge in [-0.05, 0) is 68.9 Å². The number of sulfonamides is 1. The fourth-order valence-electron chi connectivity index (χ4n) is 3.74. The Balaban J connectivity index is 1.80. The van der Waals surface area contributed by atoms with Crippen molar-refractivity contribution in [1.82, 2.24) is 4.31 Å². The molecule has 0 bridgehead atoms. The van der Waals surface area contributed by atoms with E-state index in [1.54, 1.807) is 13.0 Å². The van der Waals surface area contributed by atoms with Crippen molar-refractivity contribution in [3.05, 3.63) is 58.7 Å². The summed E-state index contributed by atoms with van der Waals surface area (Å²) in [5.41, 5.74) is 4.47. The molecule has 2 aromatic carbocycles. The van der Waals surface area contributed by atoms with Crippen molar-refractivity contribution in [2.24, 2.45) is 5.92 Å². The number of nitrogens with one attached hydrogen (secondary N) is 1. The average Bonchev–Trinajstić information content (AvgIpc) is 2.66. The quantitative estimate of drug-likeness (QED) is 0.845. The average molecular weight is 401 g/mol. The second-order valence-corrected chi connectivity index (χ2v) is 9.63. The van der Waals surface area contributed by atoms with Gasteiger partial charge in [0.2, 0.25) is 15.9 Å². The normalized spacial score (nSPS) is 18.1. The van der Waals surface area contributed by atoms with E-state index in [9.17, 15) is 13.2 Å². The lowest BCUT2D eigenvalue weighted by atomic mass is 9.98. The minimum atomic E-state index is -3.62. The SMILES string of the molecule is Cc1ccc(C)c(S(=O)(=O)N2CCC[C@H](C(=O)Nc3c(C)cccc3C)C2)c1. The van der Waals surface area contributed by atoms with Gasteiger partial charge < -0.3 is 5.32 Å². The van der Waals surface area contributed by atoms with E-state index in [-0.39, 0.29) is 18.4 Å². The fraction of sp³-hybridized carbons (Fsp3) is 0.409. The zero-order valence-electron chi connectivity index (χ0n) is 17.0. The van der Waals surface area contributed by atoms with Crippen LogP contribution in [0.25, 0.3) is 0 Å². The number of hydrogen-bond acceptors (Lipinski definition) is 3. The van der Waals surface area contributed by atoms with Crippen LogP contribution in [0, 0.1) is 33.6 Å². The van der Waals surface area contributed by atoms with E-state index in [1.165, 1.54) is 4.31 Å². The maximum Gasteiger partial charge on any atom is 0.243 e. The van der Waals surface area contributed by atoms with Gasteiger partial charge in [0.05, 0.1) is 10.8 Å². The van der Waals surface area contributed by atoms with Crippen LogP contribution in [0.5, 0.6) is 0 Å². The van der Waals surface area contributed by atoms with Gasteiger partial charge in [0.1, 0.15) is 0 Å². The second kappa shape index (κ2) is 8.05. The number of para-hydroxylation sites is 1. The molecule has 0 spiro atoms. The number of benzene rings is 2. The first-order chi connectivity index (χ1) is 13.2. The molecule has 0 unspecified atom stereocenters. The molecule has 0 radical (unpaired) electrons. The number of anilines is 1. The lowest BCUT2D eigenvalue weighted by molar-refractivity contribution is -0.120. The van der Waals surface area contributed by atoms with Gasteiger partial charge in [0.15, 0.2) is 0 Å². The molecule has 0 aliphatic carbocycles. The van der Waals surface area contributed by atoms with Crippen molar-refractivity contribution in [1.29, 1.82) is 0 Å². The first-order valence-corrected chi connectivity index (χ1v) is 11.1. The Kier molecular flexibility index (Phi) is 5.91. The third kappa shape index (κ3) is 4.13. The predicted molar refractivity (Wildman–Crippen MR) is 112 cm³/mol. The van der Waals surface area contributed by atoms with Crippen LogP contribution < -0.4 is 5.32 Å². The smallest absolute Gasteiger partial charge is 0.243 e. The van der Waals surface area contributed by atoms with Crippen molar-refractivity contribution in [3.8, 4) is 0 Å². The minimum Gasteiger partial charge on any atom is -0.325 e. The third-order valence-corrected chi connectivity index (χ3v) is 7.45. The number of hydrogen-bond donors (Lipinski definition) is 1. The van der Waals surface area contributed by atoms with E-state index in [0.717, 1.165) is 27.9 Å². The maximum absolute atomic E-state index is 13.2. The number of piperidine rings is 1. The van der Waals surface area contributed by atoms with E-state index in [1.807, 2.05) is 51.1 Å². The number of amides is 1. The van der Waals surface area contributed by atoms with Crippen molar-refractivity contribution in [3.63, 3.8) is 0 Å². The highest BCUT2D eigenvalue weighted by Crippen LogP contribution is 2.28. The molecule has 1 amide bonds. The van der Waals surface area contributed by atoms with Crippen LogP contribution >= 0.6 is 0 Å². The van der Waals surface area contributed by atoms with Crippen LogP contribution in [0.4, 0.5) is 5.69 Å². The van der Waals surface area contributed by atoms with Gasteiger partial charge in [-0.25, -0.2) is 8.42 Å². The maximum atomic E-state index is 13.2. The lowest BCUT2D eigenvalue weighted by Gasteiger charge is -2.32. The third-order valence-electron chi connectivity index (χ3n) is 5.45. The Morgan fingerprint density at radius 1 is 1.04 bits per heavy atom. The zero-order valence-corrected chi connectivity index (χ0v) is 17.8. The van der Waals surface area contributed by atoms with Gasteiger partial charge in [0.25, 0.3) is 0 Å². The Hall–Kier alpha value is -2.18. The van der Waals surface area contributed by atoms with Gasteiger partial charge >= 0.3 is 0 Å². The Labute approximate surface area is 167 Å². The standard InChI is InChI=1S/C22H28N2O3S/c1-15-10-11-16(2)20(13-15)28(26,27)24-12-6-9-19(14-24)22(25)23-21-17(3)7-5-8-18(21)4/h5,7-8,10-11,13,19H,6,9,12,14H2,1-4H3,(H,23,25)/t19-/m0/s1. The van der Waals surface area contributed by atoms with Gasteiger partial charge in [-0.1, -0.05) is 30.3 Å². The lowest BCUT2D eigenvalue weighted by Crippen LogP contribution is -2.44. The van der Waals surface area contributed by atoms with Gasteiger partial charge in [0, 0.05) is 18.8 Å². The molecule has 1 heterocycles. The molecule has 1 atom stereocenters. The van der Waals surface area contributed by atoms with Crippen molar-refractivity contribution in [2.75, 3.05) is 18.4 Å². The highest BCUT2D eigenvalue weighted by Gasteiger charge is 2.34. The molecule has 1 saturated heterocycles. The molecule has 1 fully saturated rings. The largest absolute Gasteiger partial charge is 0.325 e. The molecule has 0 saturated carbocycles. The molecule has 150 valence electrons. The second-order valence-electron chi connectivity index (χ2n) is 7.73. The van der Waals surface area contributed by atoms with E-state index in [4.69, 9.17) is 0 Å². The summed E-state index contributed by atoms with van der Waals surface area (Å²) >= 11 is 0. The summed E-state index contributed by atoms with van der Waals surface area (Å²) in [5.74, 6) is -0.467. The molecule has 6 heteroatoms. The van der Waals surface area contributed by atoms with Gasteiger partial charge in [-0.3, -0.25) is 4.79 Å². The number of rotatable bonds is 4. The van der Waals surface area contributed by atoms with E-state index in [2.05, 4.69) is 5.32 Å². The highest BCUT2D eigenvalue weighted by atomic mass is 32.2. The van der Waals surface area contributed by atoms with Gasteiger partial charge in [-0.2, -0.15) is 4.31 Å². The van der Waals surface area contributed by atoms with E-state index in [0.29, 0.717) is 24.3 Å². The first kappa shape index (κ1) is 20.6. The van der Waals surface area contributed by atoms with Gasteiger partial charge in [-0.15, -0.1) is 0 Å². The summed E-state index contributed by atoms with van der Waals surface area (Å²) in [6.07, 6.45) is 1.37. The molecule has 3 rings (SSSR count). The number of aryl methyl sites for hydroxylation is 4. The number of nitrogens with zero attached hydrogens (tertiary/aromatic N) is 1. The van der Waals surface area contributed by atoms with E-state index >= 15 is 0 Å². The molecule has 1 aliphatic rings. The number of carbonyl (C=O) groups is 1. The van der Waals surface area contributed by atoms with Crippen LogP contribution in [-0.2, 0) is 14.8 Å². The Bertz CT molecular complexity index is 979. The summed E-state index contributed by atoms with van der Waals surface area (Å²) in [6.45, 7) is 8.27. The minimum absolute atomic E-state index is 0.113. The van der Waals surface area contributed by atoms with Crippen LogP contribution in [0.1, 0.15) is 35.1 Å². The van der Waals surface area contributed by atoms with E-state index < -0.39 is 10.0 Å². The molecular formula is C22H28N2O3S. The Morgan fingerprint density at radius 3 is 2.39 bits per heavy atom. The van der Waals surface area contributed by atoms with Crippen molar-refractivity contribution in [2.45, 2.75) is 45.4 Å². The summed E-state index contributed by atoms with van der Waals surface area (Å²) < 4.78 is 27.8. The molecular weight excluding hydrogens is 372 g/mol. The first-order valence-electron chi connectivity index (χ1n) is 9.64. The molecule has 28 heavy (non-hydrogen) atoms. The summed E-state index contributed by atoms with van der Waals surface area (Å²) in [6, 6.07) is 11.3. The molecule has 1 aliphatic heterocycles. The predicted octanol–water partition coefficient (Wildman–Crippen LogP) is 3.96. The summed E-state index contributed by atoms with van der Waals surface area (Å²) in [7, 11) is -3.62. The zero-order chi connectivity index (χ0) is 20.5. The highest BCUT2D eigenvalue weighted by molar-refractivity contribution is 7.89. The summed E-state index contributed by atoms with van der Waals surface area (Å²) in [5, 5.41) is 3.02. The monoisotopic (exact) mass is 400 g/mol. The number of carbonyl (C=O) groups excluding carboxylic acids is 1. The molecule has 5 nitrogen and oxygen atoms in total. The molecule has 1 N–H and O–H groups in total.